The molecule has 2 N–H and O–H groups in total. The lowest BCUT2D eigenvalue weighted by Gasteiger charge is -2.22. The summed E-state index contributed by atoms with van der Waals surface area (Å²) in [5, 5.41) is 0. The monoisotopic (exact) mass is 234 g/mol. The Kier molecular flexibility index (Phi) is 3.69. The zero-order valence-electron chi connectivity index (χ0n) is 10.8. The van der Waals surface area contributed by atoms with E-state index in [0.29, 0.717) is 5.41 Å². The molecule has 0 radical (unpaired) electrons. The van der Waals surface area contributed by atoms with Crippen LogP contribution in [0.5, 0.6) is 5.75 Å². The van der Waals surface area contributed by atoms with Crippen molar-refractivity contribution in [3.05, 3.63) is 29.8 Å². The van der Waals surface area contributed by atoms with Crippen molar-refractivity contribution in [2.75, 3.05) is 26.7 Å². The molecule has 1 saturated heterocycles. The quantitative estimate of drug-likeness (QED) is 0.864. The molecular weight excluding hydrogens is 212 g/mol. The number of nitrogens with two attached hydrogens (primary N) is 1. The molecule has 2 rings (SSSR count). The minimum absolute atomic E-state index is 0.304. The van der Waals surface area contributed by atoms with Crippen LogP contribution in [0.1, 0.15) is 18.9 Å². The Labute approximate surface area is 104 Å². The van der Waals surface area contributed by atoms with Crippen molar-refractivity contribution < 1.29 is 4.74 Å². The van der Waals surface area contributed by atoms with Crippen molar-refractivity contribution in [1.29, 1.82) is 0 Å². The number of methoxy groups -OCH3 is 1. The Morgan fingerprint density at radius 1 is 1.47 bits per heavy atom. The number of rotatable bonds is 4. The van der Waals surface area contributed by atoms with Gasteiger partial charge in [0, 0.05) is 13.1 Å². The van der Waals surface area contributed by atoms with Crippen molar-refractivity contribution in [3.63, 3.8) is 0 Å². The van der Waals surface area contributed by atoms with Crippen LogP contribution in [0, 0.1) is 5.41 Å². The van der Waals surface area contributed by atoms with Gasteiger partial charge in [0.05, 0.1) is 7.11 Å². The first kappa shape index (κ1) is 12.4. The first-order valence-electron chi connectivity index (χ1n) is 6.20. The maximum Gasteiger partial charge on any atom is 0.119 e. The van der Waals surface area contributed by atoms with Crippen molar-refractivity contribution in [1.82, 2.24) is 4.90 Å². The average molecular weight is 234 g/mol. The lowest BCUT2D eigenvalue weighted by Crippen LogP contribution is -2.31. The highest BCUT2D eigenvalue weighted by Crippen LogP contribution is 2.29. The van der Waals surface area contributed by atoms with Crippen molar-refractivity contribution in [2.24, 2.45) is 11.1 Å². The first-order chi connectivity index (χ1) is 8.15. The van der Waals surface area contributed by atoms with E-state index in [9.17, 15) is 0 Å². The van der Waals surface area contributed by atoms with E-state index in [1.54, 1.807) is 7.11 Å². The van der Waals surface area contributed by atoms with Gasteiger partial charge in [-0.05, 0) is 42.6 Å². The zero-order chi connectivity index (χ0) is 12.3. The Morgan fingerprint density at radius 3 is 2.94 bits per heavy atom. The maximum absolute atomic E-state index is 5.82. The second-order valence-electron chi connectivity index (χ2n) is 5.33. The van der Waals surface area contributed by atoms with Crippen molar-refractivity contribution in [3.8, 4) is 5.75 Å². The zero-order valence-corrected chi connectivity index (χ0v) is 10.8. The van der Waals surface area contributed by atoms with Crippen LogP contribution in [0.25, 0.3) is 0 Å². The minimum Gasteiger partial charge on any atom is -0.497 e. The van der Waals surface area contributed by atoms with Gasteiger partial charge in [0.2, 0.25) is 0 Å². The number of nitrogens with zero attached hydrogens (tertiary/aromatic N) is 1. The lowest BCUT2D eigenvalue weighted by molar-refractivity contribution is 0.274. The van der Waals surface area contributed by atoms with Crippen LogP contribution in [0.3, 0.4) is 0 Å². The van der Waals surface area contributed by atoms with Crippen LogP contribution in [-0.2, 0) is 6.54 Å². The molecule has 3 heteroatoms. The van der Waals surface area contributed by atoms with Gasteiger partial charge >= 0.3 is 0 Å². The van der Waals surface area contributed by atoms with Crippen LogP contribution >= 0.6 is 0 Å². The van der Waals surface area contributed by atoms with E-state index >= 15 is 0 Å². The summed E-state index contributed by atoms with van der Waals surface area (Å²) in [6.07, 6.45) is 1.20. The van der Waals surface area contributed by atoms with E-state index in [1.807, 2.05) is 12.1 Å². The Morgan fingerprint density at radius 2 is 2.29 bits per heavy atom. The molecule has 1 fully saturated rings. The van der Waals surface area contributed by atoms with Crippen molar-refractivity contribution in [2.45, 2.75) is 19.9 Å². The number of ether oxygens (including phenoxy) is 1. The van der Waals surface area contributed by atoms with E-state index in [1.165, 1.54) is 12.0 Å². The largest absolute Gasteiger partial charge is 0.497 e. The van der Waals surface area contributed by atoms with Crippen LogP contribution < -0.4 is 10.5 Å². The summed E-state index contributed by atoms with van der Waals surface area (Å²) in [4.78, 5) is 2.47. The summed E-state index contributed by atoms with van der Waals surface area (Å²) in [5.74, 6) is 0.934. The molecule has 1 atom stereocenters. The fourth-order valence-corrected chi connectivity index (χ4v) is 2.46. The fraction of sp³-hybridized carbons (Fsp3) is 0.571. The topological polar surface area (TPSA) is 38.5 Å². The average Bonchev–Trinajstić information content (AvgIpc) is 2.72. The molecule has 0 saturated carbocycles. The summed E-state index contributed by atoms with van der Waals surface area (Å²) in [5.41, 5.74) is 7.44. The van der Waals surface area contributed by atoms with E-state index in [4.69, 9.17) is 10.5 Å². The van der Waals surface area contributed by atoms with E-state index < -0.39 is 0 Å². The third-order valence-corrected chi connectivity index (χ3v) is 3.67. The number of hydrogen-bond donors (Lipinski definition) is 1. The SMILES string of the molecule is COc1cccc(CN2CCC(C)(CN)C2)c1. The molecule has 1 aliphatic rings. The van der Waals surface area contributed by atoms with Crippen molar-refractivity contribution >= 4 is 0 Å². The molecule has 17 heavy (non-hydrogen) atoms. The molecule has 1 aliphatic heterocycles. The summed E-state index contributed by atoms with van der Waals surface area (Å²) in [6.45, 7) is 6.29. The predicted octanol–water partition coefficient (Wildman–Crippen LogP) is 1.87. The van der Waals surface area contributed by atoms with Crippen LogP contribution in [0.4, 0.5) is 0 Å². The third kappa shape index (κ3) is 2.99. The predicted molar refractivity (Wildman–Crippen MR) is 70.0 cm³/mol. The molecule has 0 bridgehead atoms. The summed E-state index contributed by atoms with van der Waals surface area (Å²) >= 11 is 0. The van der Waals surface area contributed by atoms with Gasteiger partial charge in [-0.25, -0.2) is 0 Å². The highest BCUT2D eigenvalue weighted by molar-refractivity contribution is 5.28. The van der Waals surface area contributed by atoms with Gasteiger partial charge in [0.25, 0.3) is 0 Å². The van der Waals surface area contributed by atoms with E-state index in [-0.39, 0.29) is 0 Å². The molecule has 1 aromatic rings. The van der Waals surface area contributed by atoms with Crippen LogP contribution in [-0.4, -0.2) is 31.6 Å². The van der Waals surface area contributed by atoms with Crippen LogP contribution in [0.15, 0.2) is 24.3 Å². The summed E-state index contributed by atoms with van der Waals surface area (Å²) < 4.78 is 5.24. The molecule has 0 aromatic heterocycles. The minimum atomic E-state index is 0.304. The lowest BCUT2D eigenvalue weighted by atomic mass is 9.90. The second-order valence-corrected chi connectivity index (χ2v) is 5.33. The third-order valence-electron chi connectivity index (χ3n) is 3.67. The fourth-order valence-electron chi connectivity index (χ4n) is 2.46. The second kappa shape index (κ2) is 5.07. The first-order valence-corrected chi connectivity index (χ1v) is 6.20. The van der Waals surface area contributed by atoms with Gasteiger partial charge in [-0.3, -0.25) is 4.90 Å². The van der Waals surface area contributed by atoms with Gasteiger partial charge in [-0.15, -0.1) is 0 Å². The molecule has 1 unspecified atom stereocenters. The van der Waals surface area contributed by atoms with Gasteiger partial charge < -0.3 is 10.5 Å². The molecule has 0 aliphatic carbocycles. The molecule has 0 amide bonds. The van der Waals surface area contributed by atoms with E-state index in [0.717, 1.165) is 31.9 Å². The summed E-state index contributed by atoms with van der Waals surface area (Å²) in [6, 6.07) is 8.29. The standard InChI is InChI=1S/C14H22N2O/c1-14(10-15)6-7-16(11-14)9-12-4-3-5-13(8-12)17-2/h3-5,8H,6-7,9-11,15H2,1-2H3. The Balaban J connectivity index is 1.98. The number of benzene rings is 1. The van der Waals surface area contributed by atoms with Gasteiger partial charge in [0.15, 0.2) is 0 Å². The smallest absolute Gasteiger partial charge is 0.119 e. The highest BCUT2D eigenvalue weighted by Gasteiger charge is 2.32. The molecule has 3 nitrogen and oxygen atoms in total. The maximum atomic E-state index is 5.82. The van der Waals surface area contributed by atoms with Gasteiger partial charge in [-0.1, -0.05) is 19.1 Å². The Hall–Kier alpha value is -1.06. The number of hydrogen-bond acceptors (Lipinski definition) is 3. The molecular formula is C14H22N2O. The summed E-state index contributed by atoms with van der Waals surface area (Å²) in [7, 11) is 1.71. The highest BCUT2D eigenvalue weighted by atomic mass is 16.5. The molecule has 0 spiro atoms. The van der Waals surface area contributed by atoms with Crippen LogP contribution in [0.2, 0.25) is 0 Å². The van der Waals surface area contributed by atoms with Gasteiger partial charge in [0.1, 0.15) is 5.75 Å². The molecule has 94 valence electrons. The van der Waals surface area contributed by atoms with Gasteiger partial charge in [-0.2, -0.15) is 0 Å². The molecule has 1 heterocycles. The number of likely N-dealkylation sites (tertiary alicyclic amines) is 1. The van der Waals surface area contributed by atoms with E-state index in [2.05, 4.69) is 24.0 Å². The normalized spacial score (nSPS) is 25.1. The Bertz CT molecular complexity index is 380. The molecule has 1 aromatic carbocycles.